The van der Waals surface area contributed by atoms with Crippen LogP contribution in [0.15, 0.2) is 48.5 Å². The van der Waals surface area contributed by atoms with Crippen molar-refractivity contribution < 1.29 is 26.3 Å². The van der Waals surface area contributed by atoms with Crippen molar-refractivity contribution in [3.63, 3.8) is 0 Å². The van der Waals surface area contributed by atoms with E-state index in [-0.39, 0.29) is 10.9 Å². The van der Waals surface area contributed by atoms with E-state index in [1.54, 1.807) is 30.3 Å². The summed E-state index contributed by atoms with van der Waals surface area (Å²) in [6.45, 7) is 0. The SMILES string of the molecule is FC(F)(F)c1nn2c3ccccc3c3ccccc3c2c1C(F)(F)F. The summed E-state index contributed by atoms with van der Waals surface area (Å²) in [4.78, 5) is 0. The minimum absolute atomic E-state index is 0.0662. The van der Waals surface area contributed by atoms with Crippen LogP contribution in [-0.4, -0.2) is 9.61 Å². The van der Waals surface area contributed by atoms with Gasteiger partial charge in [0.05, 0.1) is 11.0 Å². The van der Waals surface area contributed by atoms with Gasteiger partial charge in [0, 0.05) is 10.8 Å². The number of hydrogen-bond donors (Lipinski definition) is 0. The van der Waals surface area contributed by atoms with Gasteiger partial charge in [0.2, 0.25) is 0 Å². The Kier molecular flexibility index (Phi) is 3.07. The molecule has 0 aliphatic carbocycles. The van der Waals surface area contributed by atoms with Gasteiger partial charge < -0.3 is 0 Å². The van der Waals surface area contributed by atoms with Crippen LogP contribution in [0.5, 0.6) is 0 Å². The maximum atomic E-state index is 13.5. The molecule has 25 heavy (non-hydrogen) atoms. The number of rotatable bonds is 0. The summed E-state index contributed by atoms with van der Waals surface area (Å²) in [6.07, 6.45) is -10.4. The van der Waals surface area contributed by atoms with Crippen LogP contribution in [-0.2, 0) is 12.4 Å². The van der Waals surface area contributed by atoms with Gasteiger partial charge in [0.25, 0.3) is 0 Å². The number of benzene rings is 2. The van der Waals surface area contributed by atoms with Crippen LogP contribution in [0, 0.1) is 0 Å². The molecule has 2 heterocycles. The molecule has 2 aromatic carbocycles. The smallest absolute Gasteiger partial charge is 0.231 e. The first-order chi connectivity index (χ1) is 11.7. The number of nitrogens with zero attached hydrogens (tertiary/aromatic N) is 2. The minimum Gasteiger partial charge on any atom is -0.231 e. The standard InChI is InChI=1S/C17H8F6N2/c18-16(19,20)13-14-11-7-2-1-5-9(11)10-6-3-4-8-12(10)25(14)24-15(13)17(21,22)23/h1-8H. The molecule has 0 saturated heterocycles. The van der Waals surface area contributed by atoms with Gasteiger partial charge in [0.15, 0.2) is 5.69 Å². The summed E-state index contributed by atoms with van der Waals surface area (Å²) >= 11 is 0. The Morgan fingerprint density at radius 2 is 1.24 bits per heavy atom. The number of hydrogen-bond acceptors (Lipinski definition) is 1. The summed E-state index contributed by atoms with van der Waals surface area (Å²) < 4.78 is 81.0. The highest BCUT2D eigenvalue weighted by molar-refractivity contribution is 6.13. The summed E-state index contributed by atoms with van der Waals surface area (Å²) in [5.74, 6) is 0. The molecular formula is C17H8F6N2. The molecule has 2 aromatic heterocycles. The van der Waals surface area contributed by atoms with E-state index in [0.29, 0.717) is 10.8 Å². The normalized spacial score (nSPS) is 13.2. The van der Waals surface area contributed by atoms with E-state index in [1.807, 2.05) is 0 Å². The lowest BCUT2D eigenvalue weighted by molar-refractivity contribution is -0.163. The number of halogens is 6. The molecule has 0 aliphatic heterocycles. The minimum atomic E-state index is -5.22. The largest absolute Gasteiger partial charge is 0.435 e. The van der Waals surface area contributed by atoms with Gasteiger partial charge in [-0.2, -0.15) is 31.4 Å². The molecule has 4 rings (SSSR count). The van der Waals surface area contributed by atoms with Gasteiger partial charge in [-0.25, -0.2) is 4.52 Å². The molecule has 0 N–H and O–H groups in total. The van der Waals surface area contributed by atoms with Crippen molar-refractivity contribution in [2.45, 2.75) is 12.4 Å². The third kappa shape index (κ3) is 2.24. The Morgan fingerprint density at radius 1 is 0.680 bits per heavy atom. The number of para-hydroxylation sites is 1. The fourth-order valence-corrected chi connectivity index (χ4v) is 3.12. The van der Waals surface area contributed by atoms with Gasteiger partial charge in [-0.1, -0.05) is 42.5 Å². The third-order valence-corrected chi connectivity index (χ3v) is 4.04. The second-order valence-electron chi connectivity index (χ2n) is 5.54. The zero-order valence-electron chi connectivity index (χ0n) is 12.3. The number of pyridine rings is 1. The van der Waals surface area contributed by atoms with Crippen molar-refractivity contribution in [2.24, 2.45) is 0 Å². The van der Waals surface area contributed by atoms with Crippen LogP contribution < -0.4 is 0 Å². The monoisotopic (exact) mass is 354 g/mol. The number of alkyl halides is 6. The molecule has 8 heteroatoms. The summed E-state index contributed by atoms with van der Waals surface area (Å²) in [7, 11) is 0. The van der Waals surface area contributed by atoms with Gasteiger partial charge in [-0.05, 0) is 11.5 Å². The highest BCUT2D eigenvalue weighted by atomic mass is 19.4. The third-order valence-electron chi connectivity index (χ3n) is 4.04. The van der Waals surface area contributed by atoms with E-state index < -0.39 is 29.1 Å². The molecule has 0 bridgehead atoms. The molecular weight excluding hydrogens is 346 g/mol. The molecule has 0 amide bonds. The van der Waals surface area contributed by atoms with Gasteiger partial charge >= 0.3 is 12.4 Å². The zero-order chi connectivity index (χ0) is 18.0. The fourth-order valence-electron chi connectivity index (χ4n) is 3.12. The maximum absolute atomic E-state index is 13.5. The average Bonchev–Trinajstić information content (AvgIpc) is 2.96. The molecule has 0 fully saturated rings. The summed E-state index contributed by atoms with van der Waals surface area (Å²) in [5, 5.41) is 4.33. The van der Waals surface area contributed by atoms with Crippen LogP contribution in [0.3, 0.4) is 0 Å². The topological polar surface area (TPSA) is 17.3 Å². The number of fused-ring (bicyclic) bond motifs is 6. The average molecular weight is 354 g/mol. The van der Waals surface area contributed by atoms with Crippen LogP contribution in [0.2, 0.25) is 0 Å². The predicted molar refractivity (Wildman–Crippen MR) is 80.2 cm³/mol. The van der Waals surface area contributed by atoms with E-state index >= 15 is 0 Å². The van der Waals surface area contributed by atoms with E-state index in [1.165, 1.54) is 18.2 Å². The maximum Gasteiger partial charge on any atom is 0.435 e. The molecule has 0 saturated carbocycles. The lowest BCUT2D eigenvalue weighted by Gasteiger charge is -2.11. The molecule has 0 atom stereocenters. The first kappa shape index (κ1) is 15.7. The Hall–Kier alpha value is -2.77. The Labute approximate surface area is 136 Å². The van der Waals surface area contributed by atoms with Crippen LogP contribution >= 0.6 is 0 Å². The first-order valence-corrected chi connectivity index (χ1v) is 7.16. The molecule has 0 spiro atoms. The Balaban J connectivity index is 2.37. The van der Waals surface area contributed by atoms with Crippen molar-refractivity contribution in [1.82, 2.24) is 9.61 Å². The van der Waals surface area contributed by atoms with Crippen molar-refractivity contribution in [3.8, 4) is 0 Å². The Bertz CT molecular complexity index is 1120. The van der Waals surface area contributed by atoms with E-state index in [0.717, 1.165) is 4.52 Å². The van der Waals surface area contributed by atoms with Gasteiger partial charge in [-0.15, -0.1) is 0 Å². The van der Waals surface area contributed by atoms with Crippen LogP contribution in [0.1, 0.15) is 11.3 Å². The highest BCUT2D eigenvalue weighted by Gasteiger charge is 2.48. The van der Waals surface area contributed by atoms with Crippen LogP contribution in [0.4, 0.5) is 26.3 Å². The van der Waals surface area contributed by atoms with Gasteiger partial charge in [0.1, 0.15) is 5.56 Å². The lowest BCUT2D eigenvalue weighted by Crippen LogP contribution is -2.15. The predicted octanol–water partition coefficient (Wildman–Crippen LogP) is 5.68. The van der Waals surface area contributed by atoms with E-state index in [4.69, 9.17) is 0 Å². The molecule has 0 unspecified atom stereocenters. The zero-order valence-corrected chi connectivity index (χ0v) is 12.3. The first-order valence-electron chi connectivity index (χ1n) is 7.16. The highest BCUT2D eigenvalue weighted by Crippen LogP contribution is 2.45. The molecule has 0 aliphatic rings. The lowest BCUT2D eigenvalue weighted by atomic mass is 10.0. The quantitative estimate of drug-likeness (QED) is 0.293. The van der Waals surface area contributed by atoms with Crippen LogP contribution in [0.25, 0.3) is 27.2 Å². The Morgan fingerprint density at radius 3 is 1.84 bits per heavy atom. The molecule has 128 valence electrons. The number of aromatic nitrogens is 2. The fraction of sp³-hybridized carbons (Fsp3) is 0.118. The molecule has 4 aromatic rings. The van der Waals surface area contributed by atoms with Crippen molar-refractivity contribution >= 4 is 27.2 Å². The van der Waals surface area contributed by atoms with Crippen molar-refractivity contribution in [3.05, 3.63) is 59.8 Å². The second-order valence-corrected chi connectivity index (χ2v) is 5.54. The van der Waals surface area contributed by atoms with Gasteiger partial charge in [-0.3, -0.25) is 0 Å². The second kappa shape index (κ2) is 4.87. The van der Waals surface area contributed by atoms with E-state index in [2.05, 4.69) is 5.10 Å². The molecule has 2 nitrogen and oxygen atoms in total. The summed E-state index contributed by atoms with van der Waals surface area (Å²) in [5.41, 5.74) is -4.10. The summed E-state index contributed by atoms with van der Waals surface area (Å²) in [6, 6.07) is 12.4. The van der Waals surface area contributed by atoms with E-state index in [9.17, 15) is 26.3 Å². The van der Waals surface area contributed by atoms with Crippen molar-refractivity contribution in [1.29, 1.82) is 0 Å². The molecule has 0 radical (unpaired) electrons. The van der Waals surface area contributed by atoms with Crippen molar-refractivity contribution in [2.75, 3.05) is 0 Å².